The molecular formula is C9H14N2O2. The average Bonchev–Trinajstić information content (AvgIpc) is 2.19. The summed E-state index contributed by atoms with van der Waals surface area (Å²) in [5, 5.41) is 11.6. The van der Waals surface area contributed by atoms with E-state index in [0.29, 0.717) is 13.0 Å². The number of hydrogen-bond donors (Lipinski definition) is 2. The van der Waals surface area contributed by atoms with Gasteiger partial charge in [0, 0.05) is 19.3 Å². The number of aromatic nitrogens is 1. The third-order valence-corrected chi connectivity index (χ3v) is 1.62. The number of rotatable bonds is 5. The molecule has 0 saturated carbocycles. The van der Waals surface area contributed by atoms with Gasteiger partial charge in [0.1, 0.15) is 0 Å². The first kappa shape index (κ1) is 9.80. The molecule has 0 amide bonds. The van der Waals surface area contributed by atoms with Crippen LogP contribution in [0.4, 0.5) is 5.82 Å². The summed E-state index contributed by atoms with van der Waals surface area (Å²) in [6.45, 7) is 0.881. The van der Waals surface area contributed by atoms with Crippen LogP contribution in [0.1, 0.15) is 6.42 Å². The van der Waals surface area contributed by atoms with Gasteiger partial charge in [-0.05, 0) is 18.6 Å². The molecule has 0 bridgehead atoms. The van der Waals surface area contributed by atoms with Crippen LogP contribution in [0.15, 0.2) is 18.3 Å². The van der Waals surface area contributed by atoms with E-state index in [1.165, 1.54) is 0 Å². The molecule has 1 aromatic heterocycles. The highest BCUT2D eigenvalue weighted by molar-refractivity contribution is 5.49. The van der Waals surface area contributed by atoms with Gasteiger partial charge in [-0.2, -0.15) is 0 Å². The molecule has 13 heavy (non-hydrogen) atoms. The first-order valence-corrected chi connectivity index (χ1v) is 4.22. The molecule has 0 atom stereocenters. The first-order chi connectivity index (χ1) is 6.38. The highest BCUT2D eigenvalue weighted by Crippen LogP contribution is 2.19. The Morgan fingerprint density at radius 1 is 1.62 bits per heavy atom. The lowest BCUT2D eigenvalue weighted by atomic mass is 10.4. The van der Waals surface area contributed by atoms with Crippen LogP contribution in [-0.4, -0.2) is 30.4 Å². The largest absolute Gasteiger partial charge is 0.493 e. The highest BCUT2D eigenvalue weighted by Gasteiger charge is 2.00. The third-order valence-electron chi connectivity index (χ3n) is 1.62. The van der Waals surface area contributed by atoms with Crippen molar-refractivity contribution in [1.29, 1.82) is 0 Å². The predicted octanol–water partition coefficient (Wildman–Crippen LogP) is 0.884. The Balaban J connectivity index is 2.54. The maximum atomic E-state index is 8.58. The van der Waals surface area contributed by atoms with Crippen molar-refractivity contribution in [1.82, 2.24) is 4.98 Å². The molecular weight excluding hydrogens is 168 g/mol. The number of aliphatic hydroxyl groups is 1. The van der Waals surface area contributed by atoms with Gasteiger partial charge in [-0.3, -0.25) is 0 Å². The molecule has 0 saturated heterocycles. The van der Waals surface area contributed by atoms with Gasteiger partial charge >= 0.3 is 0 Å². The number of pyridine rings is 1. The Morgan fingerprint density at radius 3 is 3.15 bits per heavy atom. The molecule has 0 aromatic carbocycles. The standard InChI is InChI=1S/C9H14N2O2/c1-13-8-4-2-5-10-9(8)11-6-3-7-12/h2,4-5,12H,3,6-7H2,1H3,(H,10,11). The Kier molecular flexibility index (Phi) is 4.05. The number of ether oxygens (including phenoxy) is 1. The molecule has 0 fully saturated rings. The zero-order valence-electron chi connectivity index (χ0n) is 7.66. The van der Waals surface area contributed by atoms with Crippen LogP contribution in [-0.2, 0) is 0 Å². The van der Waals surface area contributed by atoms with Gasteiger partial charge in [-0.15, -0.1) is 0 Å². The molecule has 72 valence electrons. The van der Waals surface area contributed by atoms with Crippen LogP contribution < -0.4 is 10.1 Å². The minimum absolute atomic E-state index is 0.183. The summed E-state index contributed by atoms with van der Waals surface area (Å²) in [5.41, 5.74) is 0. The molecule has 1 heterocycles. The smallest absolute Gasteiger partial charge is 0.168 e. The number of nitrogens with one attached hydrogen (secondary N) is 1. The van der Waals surface area contributed by atoms with Gasteiger partial charge in [-0.1, -0.05) is 0 Å². The molecule has 4 nitrogen and oxygen atoms in total. The summed E-state index contributed by atoms with van der Waals surface area (Å²) in [4.78, 5) is 4.10. The second kappa shape index (κ2) is 5.37. The average molecular weight is 182 g/mol. The molecule has 0 aliphatic rings. The maximum absolute atomic E-state index is 8.58. The number of hydrogen-bond acceptors (Lipinski definition) is 4. The number of aliphatic hydroxyl groups excluding tert-OH is 1. The van der Waals surface area contributed by atoms with Crippen LogP contribution in [0.25, 0.3) is 0 Å². The van der Waals surface area contributed by atoms with Crippen molar-refractivity contribution in [3.63, 3.8) is 0 Å². The van der Waals surface area contributed by atoms with E-state index in [1.807, 2.05) is 12.1 Å². The Morgan fingerprint density at radius 2 is 2.46 bits per heavy atom. The van der Waals surface area contributed by atoms with Gasteiger partial charge in [0.2, 0.25) is 0 Å². The van der Waals surface area contributed by atoms with Crippen molar-refractivity contribution in [3.8, 4) is 5.75 Å². The number of nitrogens with zero attached hydrogens (tertiary/aromatic N) is 1. The van der Waals surface area contributed by atoms with E-state index in [0.717, 1.165) is 11.6 Å². The van der Waals surface area contributed by atoms with Crippen LogP contribution in [0.3, 0.4) is 0 Å². The molecule has 1 aromatic rings. The monoisotopic (exact) mass is 182 g/mol. The van der Waals surface area contributed by atoms with Crippen molar-refractivity contribution >= 4 is 5.82 Å². The minimum Gasteiger partial charge on any atom is -0.493 e. The van der Waals surface area contributed by atoms with Crippen molar-refractivity contribution in [2.45, 2.75) is 6.42 Å². The Hall–Kier alpha value is -1.29. The van der Waals surface area contributed by atoms with Crippen molar-refractivity contribution in [2.75, 3.05) is 25.6 Å². The van der Waals surface area contributed by atoms with Gasteiger partial charge in [-0.25, -0.2) is 4.98 Å². The lowest BCUT2D eigenvalue weighted by Gasteiger charge is -2.08. The summed E-state index contributed by atoms with van der Waals surface area (Å²) in [6.07, 6.45) is 2.41. The van der Waals surface area contributed by atoms with Gasteiger partial charge in [0.25, 0.3) is 0 Å². The lowest BCUT2D eigenvalue weighted by molar-refractivity contribution is 0.292. The fourth-order valence-corrected chi connectivity index (χ4v) is 0.974. The van der Waals surface area contributed by atoms with Crippen LogP contribution >= 0.6 is 0 Å². The third kappa shape index (κ3) is 2.91. The summed E-state index contributed by atoms with van der Waals surface area (Å²) in [6, 6.07) is 3.66. The Labute approximate surface area is 77.6 Å². The molecule has 0 spiro atoms. The predicted molar refractivity (Wildman–Crippen MR) is 51.0 cm³/mol. The zero-order valence-corrected chi connectivity index (χ0v) is 7.66. The van der Waals surface area contributed by atoms with Crippen molar-refractivity contribution in [2.24, 2.45) is 0 Å². The van der Waals surface area contributed by atoms with E-state index in [1.54, 1.807) is 13.3 Å². The lowest BCUT2D eigenvalue weighted by Crippen LogP contribution is -2.06. The molecule has 2 N–H and O–H groups in total. The SMILES string of the molecule is COc1cccnc1NCCCO. The molecule has 0 aliphatic carbocycles. The van der Waals surface area contributed by atoms with Crippen LogP contribution in [0, 0.1) is 0 Å². The van der Waals surface area contributed by atoms with E-state index in [2.05, 4.69) is 10.3 Å². The van der Waals surface area contributed by atoms with E-state index < -0.39 is 0 Å². The number of anilines is 1. The molecule has 0 unspecified atom stereocenters. The quantitative estimate of drug-likeness (QED) is 0.664. The molecule has 1 rings (SSSR count). The summed E-state index contributed by atoms with van der Waals surface area (Å²) < 4.78 is 5.09. The normalized spacial score (nSPS) is 9.69. The van der Waals surface area contributed by atoms with E-state index in [-0.39, 0.29) is 6.61 Å². The van der Waals surface area contributed by atoms with Gasteiger partial charge in [0.05, 0.1) is 7.11 Å². The summed E-state index contributed by atoms with van der Waals surface area (Å²) >= 11 is 0. The zero-order chi connectivity index (χ0) is 9.52. The summed E-state index contributed by atoms with van der Waals surface area (Å²) in [7, 11) is 1.61. The summed E-state index contributed by atoms with van der Waals surface area (Å²) in [5.74, 6) is 1.44. The molecule has 4 heteroatoms. The fourth-order valence-electron chi connectivity index (χ4n) is 0.974. The second-order valence-corrected chi connectivity index (χ2v) is 2.56. The molecule has 0 aliphatic heterocycles. The van der Waals surface area contributed by atoms with E-state index in [9.17, 15) is 0 Å². The minimum atomic E-state index is 0.183. The topological polar surface area (TPSA) is 54.4 Å². The van der Waals surface area contributed by atoms with Crippen LogP contribution in [0.5, 0.6) is 5.75 Å². The van der Waals surface area contributed by atoms with Gasteiger partial charge in [0.15, 0.2) is 11.6 Å². The van der Waals surface area contributed by atoms with E-state index >= 15 is 0 Å². The molecule has 0 radical (unpaired) electrons. The van der Waals surface area contributed by atoms with Crippen molar-refractivity contribution < 1.29 is 9.84 Å². The van der Waals surface area contributed by atoms with Crippen LogP contribution in [0.2, 0.25) is 0 Å². The van der Waals surface area contributed by atoms with E-state index in [4.69, 9.17) is 9.84 Å². The second-order valence-electron chi connectivity index (χ2n) is 2.56. The number of methoxy groups -OCH3 is 1. The van der Waals surface area contributed by atoms with Crippen molar-refractivity contribution in [3.05, 3.63) is 18.3 Å². The highest BCUT2D eigenvalue weighted by atomic mass is 16.5. The van der Waals surface area contributed by atoms with Gasteiger partial charge < -0.3 is 15.2 Å². The fraction of sp³-hybridized carbons (Fsp3) is 0.444. The Bertz CT molecular complexity index is 253. The first-order valence-electron chi connectivity index (χ1n) is 4.22. The maximum Gasteiger partial charge on any atom is 0.168 e.